The third kappa shape index (κ3) is 2.94. The monoisotopic (exact) mass is 301 g/mol. The number of nitrogens with one attached hydrogen (secondary N) is 1. The number of hydrogen-bond acceptors (Lipinski definition) is 3. The van der Waals surface area contributed by atoms with Crippen molar-refractivity contribution in [3.63, 3.8) is 0 Å². The molecule has 0 spiro atoms. The Morgan fingerprint density at radius 3 is 2.28 bits per heavy atom. The SMILES string of the molecule is CC(=O)Nc1ccc(S(=O)(=O)C(F)(F)F)cc1Cl. The average Bonchev–Trinajstić information content (AvgIpc) is 2.18. The molecule has 4 nitrogen and oxygen atoms in total. The average molecular weight is 302 g/mol. The van der Waals surface area contributed by atoms with Crippen molar-refractivity contribution in [2.45, 2.75) is 17.3 Å². The van der Waals surface area contributed by atoms with Gasteiger partial charge < -0.3 is 5.32 Å². The highest BCUT2D eigenvalue weighted by Gasteiger charge is 2.46. The largest absolute Gasteiger partial charge is 0.501 e. The van der Waals surface area contributed by atoms with Crippen molar-refractivity contribution in [1.82, 2.24) is 0 Å². The molecule has 1 aromatic rings. The molecule has 18 heavy (non-hydrogen) atoms. The van der Waals surface area contributed by atoms with Gasteiger partial charge in [0.15, 0.2) is 0 Å². The van der Waals surface area contributed by atoms with Crippen LogP contribution >= 0.6 is 11.6 Å². The third-order valence-corrected chi connectivity index (χ3v) is 3.66. The van der Waals surface area contributed by atoms with E-state index in [1.54, 1.807) is 0 Å². The quantitative estimate of drug-likeness (QED) is 0.913. The number of benzene rings is 1. The first-order valence-electron chi connectivity index (χ1n) is 4.44. The molecule has 100 valence electrons. The zero-order chi connectivity index (χ0) is 14.1. The summed E-state index contributed by atoms with van der Waals surface area (Å²) < 4.78 is 58.9. The van der Waals surface area contributed by atoms with Gasteiger partial charge in [0.2, 0.25) is 5.91 Å². The highest BCUT2D eigenvalue weighted by molar-refractivity contribution is 7.92. The number of hydrogen-bond donors (Lipinski definition) is 1. The van der Waals surface area contributed by atoms with Crippen LogP contribution in [0.1, 0.15) is 6.92 Å². The summed E-state index contributed by atoms with van der Waals surface area (Å²) in [6, 6.07) is 2.35. The number of halogens is 4. The first-order valence-corrected chi connectivity index (χ1v) is 6.30. The van der Waals surface area contributed by atoms with Gasteiger partial charge in [0, 0.05) is 6.92 Å². The standard InChI is InChI=1S/C9H7ClF3NO3S/c1-5(15)14-8-3-2-6(4-7(8)10)18(16,17)9(11,12)13/h2-4H,1H3,(H,14,15). The number of amides is 1. The van der Waals surface area contributed by atoms with Crippen molar-refractivity contribution in [3.8, 4) is 0 Å². The minimum Gasteiger partial charge on any atom is -0.325 e. The minimum absolute atomic E-state index is 0.0327. The van der Waals surface area contributed by atoms with Crippen LogP contribution in [0, 0.1) is 0 Å². The Bertz CT molecular complexity index is 583. The van der Waals surface area contributed by atoms with Crippen LogP contribution < -0.4 is 5.32 Å². The van der Waals surface area contributed by atoms with E-state index in [2.05, 4.69) is 5.32 Å². The molecule has 0 saturated heterocycles. The molecule has 0 bridgehead atoms. The van der Waals surface area contributed by atoms with Crippen LogP contribution in [0.15, 0.2) is 23.1 Å². The lowest BCUT2D eigenvalue weighted by Crippen LogP contribution is -2.23. The summed E-state index contributed by atoms with van der Waals surface area (Å²) in [6.45, 7) is 1.18. The normalized spacial score (nSPS) is 12.3. The summed E-state index contributed by atoms with van der Waals surface area (Å²) in [5, 5.41) is 1.95. The van der Waals surface area contributed by atoms with E-state index >= 15 is 0 Å². The van der Waals surface area contributed by atoms with Gasteiger partial charge in [-0.05, 0) is 18.2 Å². The first kappa shape index (κ1) is 14.8. The third-order valence-electron chi connectivity index (χ3n) is 1.87. The molecule has 0 aliphatic carbocycles. The molecule has 1 rings (SSSR count). The highest BCUT2D eigenvalue weighted by Crippen LogP contribution is 2.33. The molecular weight excluding hydrogens is 295 g/mol. The number of carbonyl (C=O) groups excluding carboxylic acids is 1. The molecule has 0 aliphatic heterocycles. The predicted octanol–water partition coefficient (Wildman–Crippen LogP) is 2.59. The Balaban J connectivity index is 3.25. The summed E-state index contributed by atoms with van der Waals surface area (Å²) in [5.74, 6) is -0.483. The Morgan fingerprint density at radius 1 is 1.33 bits per heavy atom. The molecule has 0 fully saturated rings. The summed E-state index contributed by atoms with van der Waals surface area (Å²) >= 11 is 5.58. The molecule has 0 aliphatic rings. The lowest BCUT2D eigenvalue weighted by Gasteiger charge is -2.10. The van der Waals surface area contributed by atoms with Gasteiger partial charge in [-0.1, -0.05) is 11.6 Å². The molecule has 0 radical (unpaired) electrons. The maximum Gasteiger partial charge on any atom is 0.501 e. The number of alkyl halides is 3. The maximum atomic E-state index is 12.3. The summed E-state index contributed by atoms with van der Waals surface area (Å²) in [6.07, 6.45) is 0. The van der Waals surface area contributed by atoms with E-state index in [1.807, 2.05) is 0 Å². The van der Waals surface area contributed by atoms with Gasteiger partial charge >= 0.3 is 5.51 Å². The Hall–Kier alpha value is -1.28. The Kier molecular flexibility index (Phi) is 3.92. The van der Waals surface area contributed by atoms with Crippen molar-refractivity contribution in [1.29, 1.82) is 0 Å². The van der Waals surface area contributed by atoms with Gasteiger partial charge in [0.05, 0.1) is 15.6 Å². The van der Waals surface area contributed by atoms with Crippen LogP contribution in [0.2, 0.25) is 5.02 Å². The number of anilines is 1. The molecule has 0 aromatic heterocycles. The van der Waals surface area contributed by atoms with E-state index in [0.29, 0.717) is 6.07 Å². The van der Waals surface area contributed by atoms with Crippen molar-refractivity contribution in [3.05, 3.63) is 23.2 Å². The van der Waals surface area contributed by atoms with E-state index in [0.717, 1.165) is 12.1 Å². The first-order chi connectivity index (χ1) is 8.05. The van der Waals surface area contributed by atoms with E-state index in [1.165, 1.54) is 6.92 Å². The van der Waals surface area contributed by atoms with Gasteiger partial charge in [-0.3, -0.25) is 4.79 Å². The van der Waals surface area contributed by atoms with Gasteiger partial charge in [0.25, 0.3) is 9.84 Å². The molecule has 1 amide bonds. The van der Waals surface area contributed by atoms with E-state index < -0.39 is 26.1 Å². The second-order valence-corrected chi connectivity index (χ2v) is 5.62. The zero-order valence-corrected chi connectivity index (χ0v) is 10.4. The highest BCUT2D eigenvalue weighted by atomic mass is 35.5. The minimum atomic E-state index is -5.44. The fourth-order valence-electron chi connectivity index (χ4n) is 1.09. The van der Waals surface area contributed by atoms with Crippen molar-refractivity contribution >= 4 is 33.0 Å². The van der Waals surface area contributed by atoms with Crippen LogP contribution in [0.25, 0.3) is 0 Å². The Morgan fingerprint density at radius 2 is 1.89 bits per heavy atom. The topological polar surface area (TPSA) is 63.2 Å². The molecule has 1 N–H and O–H groups in total. The van der Waals surface area contributed by atoms with Gasteiger partial charge in [-0.15, -0.1) is 0 Å². The van der Waals surface area contributed by atoms with Crippen molar-refractivity contribution in [2.24, 2.45) is 0 Å². The van der Waals surface area contributed by atoms with Crippen LogP contribution in [0.3, 0.4) is 0 Å². The van der Waals surface area contributed by atoms with Crippen LogP contribution in [-0.4, -0.2) is 19.8 Å². The Labute approximate surface area is 106 Å². The molecule has 0 atom stereocenters. The van der Waals surface area contributed by atoms with Crippen LogP contribution in [-0.2, 0) is 14.6 Å². The van der Waals surface area contributed by atoms with E-state index in [9.17, 15) is 26.4 Å². The lowest BCUT2D eigenvalue weighted by molar-refractivity contribution is -0.114. The molecule has 0 heterocycles. The van der Waals surface area contributed by atoms with Gasteiger partial charge in [-0.2, -0.15) is 13.2 Å². The zero-order valence-electron chi connectivity index (χ0n) is 8.88. The predicted molar refractivity (Wildman–Crippen MR) is 59.0 cm³/mol. The van der Waals surface area contributed by atoms with Crippen molar-refractivity contribution < 1.29 is 26.4 Å². The summed E-state index contributed by atoms with van der Waals surface area (Å²) in [7, 11) is -5.44. The maximum absolute atomic E-state index is 12.3. The summed E-state index contributed by atoms with van der Waals surface area (Å²) in [5.41, 5.74) is -5.36. The number of rotatable bonds is 2. The fraction of sp³-hybridized carbons (Fsp3) is 0.222. The van der Waals surface area contributed by atoms with E-state index in [-0.39, 0.29) is 10.7 Å². The number of sulfone groups is 1. The second-order valence-electron chi connectivity index (χ2n) is 3.27. The molecule has 1 aromatic carbocycles. The molecular formula is C9H7ClF3NO3S. The van der Waals surface area contributed by atoms with Gasteiger partial charge in [-0.25, -0.2) is 8.42 Å². The number of carbonyl (C=O) groups is 1. The molecule has 9 heteroatoms. The van der Waals surface area contributed by atoms with Crippen molar-refractivity contribution in [2.75, 3.05) is 5.32 Å². The molecule has 0 unspecified atom stereocenters. The summed E-state index contributed by atoms with van der Waals surface area (Å²) in [4.78, 5) is 9.76. The van der Waals surface area contributed by atoms with Crippen LogP contribution in [0.4, 0.5) is 18.9 Å². The lowest BCUT2D eigenvalue weighted by atomic mass is 10.3. The van der Waals surface area contributed by atoms with Crippen LogP contribution in [0.5, 0.6) is 0 Å². The van der Waals surface area contributed by atoms with E-state index in [4.69, 9.17) is 11.6 Å². The van der Waals surface area contributed by atoms with Gasteiger partial charge in [0.1, 0.15) is 0 Å². The second kappa shape index (κ2) is 4.77. The molecule has 0 saturated carbocycles. The fourth-order valence-corrected chi connectivity index (χ4v) is 2.17. The smallest absolute Gasteiger partial charge is 0.325 e.